The Balaban J connectivity index is 2.36. The fourth-order valence-electron chi connectivity index (χ4n) is 1.71. The first-order valence-corrected chi connectivity index (χ1v) is 6.67. The van der Waals surface area contributed by atoms with Gasteiger partial charge in [-0.05, 0) is 61.7 Å². The van der Waals surface area contributed by atoms with E-state index in [1.165, 1.54) is 21.6 Å². The van der Waals surface area contributed by atoms with Crippen molar-refractivity contribution in [3.8, 4) is 6.07 Å². The fraction of sp³-hybridized carbons (Fsp3) is 0.188. The number of aryl methyl sites for hydroxylation is 3. The van der Waals surface area contributed by atoms with Crippen molar-refractivity contribution in [1.29, 1.82) is 5.26 Å². The van der Waals surface area contributed by atoms with Gasteiger partial charge in [0.2, 0.25) is 0 Å². The molecule has 0 N–H and O–H groups in total. The lowest BCUT2D eigenvalue weighted by Gasteiger charge is -2.07. The van der Waals surface area contributed by atoms with Crippen LogP contribution in [-0.4, -0.2) is 0 Å². The smallest absolute Gasteiger partial charge is 0.100 e. The van der Waals surface area contributed by atoms with E-state index in [1.807, 2.05) is 19.1 Å². The summed E-state index contributed by atoms with van der Waals surface area (Å²) in [5, 5.41) is 9.12. The minimum atomic E-state index is 0.740. The van der Waals surface area contributed by atoms with E-state index < -0.39 is 0 Å². The molecule has 2 aromatic carbocycles. The van der Waals surface area contributed by atoms with Crippen molar-refractivity contribution < 1.29 is 0 Å². The number of rotatable bonds is 2. The molecule has 2 heteroatoms. The van der Waals surface area contributed by atoms with Crippen LogP contribution >= 0.6 is 11.8 Å². The van der Waals surface area contributed by atoms with E-state index in [1.54, 1.807) is 11.8 Å². The zero-order valence-electron chi connectivity index (χ0n) is 10.8. The quantitative estimate of drug-likeness (QED) is 0.778. The first-order valence-electron chi connectivity index (χ1n) is 5.86. The van der Waals surface area contributed by atoms with Gasteiger partial charge in [-0.15, -0.1) is 0 Å². The summed E-state index contributed by atoms with van der Waals surface area (Å²) < 4.78 is 0. The van der Waals surface area contributed by atoms with Gasteiger partial charge in [0.05, 0.1) is 5.56 Å². The van der Waals surface area contributed by atoms with Crippen LogP contribution in [0.4, 0.5) is 0 Å². The summed E-state index contributed by atoms with van der Waals surface area (Å²) in [4.78, 5) is 2.21. The maximum atomic E-state index is 9.12. The van der Waals surface area contributed by atoms with E-state index >= 15 is 0 Å². The van der Waals surface area contributed by atoms with E-state index in [2.05, 4.69) is 44.2 Å². The minimum Gasteiger partial charge on any atom is -0.192 e. The highest BCUT2D eigenvalue weighted by molar-refractivity contribution is 7.99. The van der Waals surface area contributed by atoms with Crippen molar-refractivity contribution in [3.63, 3.8) is 0 Å². The molecule has 0 radical (unpaired) electrons. The molecule has 2 rings (SSSR count). The lowest BCUT2D eigenvalue weighted by atomic mass is 10.1. The van der Waals surface area contributed by atoms with E-state index in [-0.39, 0.29) is 0 Å². The highest BCUT2D eigenvalue weighted by Crippen LogP contribution is 2.31. The molecule has 2 aromatic rings. The third-order valence-electron chi connectivity index (χ3n) is 2.96. The SMILES string of the molecule is Cc1ccc(C#N)c(Sc2ccc(C)c(C)c2)c1. The van der Waals surface area contributed by atoms with Crippen LogP contribution in [0.1, 0.15) is 22.3 Å². The van der Waals surface area contributed by atoms with Crippen LogP contribution in [0.5, 0.6) is 0 Å². The van der Waals surface area contributed by atoms with Crippen molar-refractivity contribution in [2.75, 3.05) is 0 Å². The molecule has 18 heavy (non-hydrogen) atoms. The summed E-state index contributed by atoms with van der Waals surface area (Å²) in [7, 11) is 0. The summed E-state index contributed by atoms with van der Waals surface area (Å²) in [5.74, 6) is 0. The van der Waals surface area contributed by atoms with Crippen molar-refractivity contribution in [1.82, 2.24) is 0 Å². The Hall–Kier alpha value is -1.72. The maximum Gasteiger partial charge on any atom is 0.100 e. The van der Waals surface area contributed by atoms with Gasteiger partial charge >= 0.3 is 0 Å². The van der Waals surface area contributed by atoms with E-state index in [4.69, 9.17) is 5.26 Å². The number of hydrogen-bond acceptors (Lipinski definition) is 2. The first-order chi connectivity index (χ1) is 8.60. The molecular formula is C16H15NS. The van der Waals surface area contributed by atoms with Crippen LogP contribution in [0.2, 0.25) is 0 Å². The van der Waals surface area contributed by atoms with Crippen molar-refractivity contribution in [2.45, 2.75) is 30.6 Å². The van der Waals surface area contributed by atoms with Gasteiger partial charge in [0.1, 0.15) is 6.07 Å². The number of benzene rings is 2. The van der Waals surface area contributed by atoms with Gasteiger partial charge in [-0.1, -0.05) is 23.9 Å². The van der Waals surface area contributed by atoms with Gasteiger partial charge in [-0.2, -0.15) is 5.26 Å². The third kappa shape index (κ3) is 2.75. The second-order valence-corrected chi connectivity index (χ2v) is 5.57. The Kier molecular flexibility index (Phi) is 3.74. The molecule has 0 aliphatic carbocycles. The predicted octanol–water partition coefficient (Wildman–Crippen LogP) is 4.63. The van der Waals surface area contributed by atoms with E-state index in [0.29, 0.717) is 0 Å². The highest BCUT2D eigenvalue weighted by Gasteiger charge is 2.05. The molecule has 0 spiro atoms. The molecule has 0 amide bonds. The highest BCUT2D eigenvalue weighted by atomic mass is 32.2. The minimum absolute atomic E-state index is 0.740. The molecule has 0 fully saturated rings. The predicted molar refractivity (Wildman–Crippen MR) is 75.9 cm³/mol. The van der Waals surface area contributed by atoms with Crippen LogP contribution < -0.4 is 0 Å². The molecule has 0 saturated heterocycles. The summed E-state index contributed by atoms with van der Waals surface area (Å²) >= 11 is 1.65. The van der Waals surface area contributed by atoms with Gasteiger partial charge < -0.3 is 0 Å². The zero-order chi connectivity index (χ0) is 13.1. The van der Waals surface area contributed by atoms with Gasteiger partial charge in [-0.25, -0.2) is 0 Å². The summed E-state index contributed by atoms with van der Waals surface area (Å²) in [5.41, 5.74) is 4.50. The Morgan fingerprint density at radius 2 is 1.72 bits per heavy atom. The van der Waals surface area contributed by atoms with Gasteiger partial charge in [0.15, 0.2) is 0 Å². The van der Waals surface area contributed by atoms with Crippen molar-refractivity contribution in [3.05, 3.63) is 58.7 Å². The van der Waals surface area contributed by atoms with Crippen molar-refractivity contribution >= 4 is 11.8 Å². The van der Waals surface area contributed by atoms with Gasteiger partial charge in [0.25, 0.3) is 0 Å². The molecule has 0 saturated carbocycles. The zero-order valence-corrected chi connectivity index (χ0v) is 11.6. The standard InChI is InChI=1S/C16H15NS/c1-11-4-6-14(10-17)16(8-11)18-15-7-5-12(2)13(3)9-15/h4-9H,1-3H3. The van der Waals surface area contributed by atoms with E-state index in [0.717, 1.165) is 10.5 Å². The van der Waals surface area contributed by atoms with Crippen LogP contribution in [0.3, 0.4) is 0 Å². The molecule has 0 atom stereocenters. The summed E-state index contributed by atoms with van der Waals surface area (Å²) in [6.45, 7) is 6.27. The molecule has 0 aromatic heterocycles. The molecular weight excluding hydrogens is 238 g/mol. The largest absolute Gasteiger partial charge is 0.192 e. The first kappa shape index (κ1) is 12.7. The lowest BCUT2D eigenvalue weighted by Crippen LogP contribution is -1.85. The van der Waals surface area contributed by atoms with Gasteiger partial charge in [-0.3, -0.25) is 0 Å². The number of hydrogen-bond donors (Lipinski definition) is 0. The van der Waals surface area contributed by atoms with Gasteiger partial charge in [0, 0.05) is 9.79 Å². The molecule has 0 heterocycles. The topological polar surface area (TPSA) is 23.8 Å². The molecule has 0 aliphatic rings. The average molecular weight is 253 g/mol. The molecule has 0 bridgehead atoms. The second kappa shape index (κ2) is 5.29. The van der Waals surface area contributed by atoms with Crippen LogP contribution in [-0.2, 0) is 0 Å². The van der Waals surface area contributed by atoms with Crippen molar-refractivity contribution in [2.24, 2.45) is 0 Å². The monoisotopic (exact) mass is 253 g/mol. The Labute approximate surface area is 112 Å². The Bertz CT molecular complexity index is 623. The molecule has 0 aliphatic heterocycles. The third-order valence-corrected chi connectivity index (χ3v) is 4.01. The Morgan fingerprint density at radius 1 is 0.944 bits per heavy atom. The maximum absolute atomic E-state index is 9.12. The number of nitrogens with zero attached hydrogens (tertiary/aromatic N) is 1. The van der Waals surface area contributed by atoms with Crippen LogP contribution in [0.15, 0.2) is 46.2 Å². The lowest BCUT2D eigenvalue weighted by molar-refractivity contribution is 1.26. The van der Waals surface area contributed by atoms with Crippen LogP contribution in [0.25, 0.3) is 0 Å². The molecule has 0 unspecified atom stereocenters. The fourth-order valence-corrected chi connectivity index (χ4v) is 2.80. The average Bonchev–Trinajstić information content (AvgIpc) is 2.34. The second-order valence-electron chi connectivity index (χ2n) is 4.46. The summed E-state index contributed by atoms with van der Waals surface area (Å²) in [6, 6.07) is 14.6. The molecule has 90 valence electrons. The Morgan fingerprint density at radius 3 is 2.39 bits per heavy atom. The van der Waals surface area contributed by atoms with Crippen LogP contribution in [0, 0.1) is 32.1 Å². The number of nitriles is 1. The van der Waals surface area contributed by atoms with E-state index in [9.17, 15) is 0 Å². The molecule has 1 nitrogen and oxygen atoms in total. The summed E-state index contributed by atoms with van der Waals surface area (Å²) in [6.07, 6.45) is 0. The normalized spacial score (nSPS) is 10.1.